The van der Waals surface area contributed by atoms with Crippen molar-refractivity contribution in [3.05, 3.63) is 40.6 Å². The zero-order chi connectivity index (χ0) is 13.1. The summed E-state index contributed by atoms with van der Waals surface area (Å²) in [5.41, 5.74) is 1.28. The molecule has 0 spiro atoms. The zero-order valence-electron chi connectivity index (χ0n) is 10.6. The normalized spacial score (nSPS) is 12.7. The average Bonchev–Trinajstić information content (AvgIpc) is 2.76. The molecule has 0 aliphatic rings. The predicted octanol–water partition coefficient (Wildman–Crippen LogP) is 3.61. The van der Waals surface area contributed by atoms with Crippen molar-refractivity contribution in [2.24, 2.45) is 7.05 Å². The number of nitrogens with one attached hydrogen (secondary N) is 1. The highest BCUT2D eigenvalue weighted by Crippen LogP contribution is 2.34. The molecule has 1 aromatic heterocycles. The van der Waals surface area contributed by atoms with Gasteiger partial charge in [-0.05, 0) is 47.6 Å². The van der Waals surface area contributed by atoms with E-state index in [0.29, 0.717) is 6.04 Å². The van der Waals surface area contributed by atoms with Gasteiger partial charge in [0.25, 0.3) is 0 Å². The van der Waals surface area contributed by atoms with Crippen LogP contribution in [-0.2, 0) is 7.05 Å². The first kappa shape index (κ1) is 13.6. The van der Waals surface area contributed by atoms with E-state index in [9.17, 15) is 0 Å². The van der Waals surface area contributed by atoms with Crippen molar-refractivity contribution in [1.29, 1.82) is 0 Å². The van der Waals surface area contributed by atoms with Gasteiger partial charge in [0.15, 0.2) is 0 Å². The van der Waals surface area contributed by atoms with Gasteiger partial charge in [0, 0.05) is 28.7 Å². The zero-order valence-corrected chi connectivity index (χ0v) is 13.0. The van der Waals surface area contributed by atoms with Gasteiger partial charge in [-0.1, -0.05) is 17.8 Å². The van der Waals surface area contributed by atoms with Crippen molar-refractivity contribution in [3.63, 3.8) is 0 Å². The van der Waals surface area contributed by atoms with Gasteiger partial charge in [0.05, 0.1) is 11.1 Å². The van der Waals surface area contributed by atoms with Crippen LogP contribution in [0.1, 0.15) is 18.5 Å². The summed E-state index contributed by atoms with van der Waals surface area (Å²) < 4.78 is 2.93. The molecule has 3 nitrogen and oxygen atoms in total. The number of benzene rings is 1. The summed E-state index contributed by atoms with van der Waals surface area (Å²) in [7, 11) is 3.90. The first-order valence-corrected chi connectivity index (χ1v) is 7.34. The molecule has 1 aromatic carbocycles. The van der Waals surface area contributed by atoms with Gasteiger partial charge in [0.1, 0.15) is 0 Å². The maximum Gasteiger partial charge on any atom is 0.0629 e. The van der Waals surface area contributed by atoms with Gasteiger partial charge >= 0.3 is 0 Å². The number of hydrogen-bond acceptors (Lipinski definition) is 3. The lowest BCUT2D eigenvalue weighted by Gasteiger charge is -2.12. The molecule has 5 heteroatoms. The molecular weight excluding hydrogens is 310 g/mol. The summed E-state index contributed by atoms with van der Waals surface area (Å²) in [5.74, 6) is 0. The lowest BCUT2D eigenvalue weighted by molar-refractivity contribution is 0.651. The third-order valence-corrected chi connectivity index (χ3v) is 4.74. The lowest BCUT2D eigenvalue weighted by atomic mass is 10.1. The minimum atomic E-state index is 0.360. The second-order valence-corrected chi connectivity index (χ2v) is 6.12. The van der Waals surface area contributed by atoms with E-state index in [0.717, 1.165) is 9.37 Å². The van der Waals surface area contributed by atoms with Crippen LogP contribution in [0.5, 0.6) is 0 Å². The van der Waals surface area contributed by atoms with Crippen LogP contribution in [-0.4, -0.2) is 16.8 Å². The van der Waals surface area contributed by atoms with Gasteiger partial charge < -0.3 is 5.32 Å². The SMILES string of the molecule is CNC(C)c1ccc(Sc2cnn(C)c2)c(Br)c1. The maximum absolute atomic E-state index is 4.17. The Balaban J connectivity index is 2.19. The third kappa shape index (κ3) is 3.16. The molecule has 2 aromatic rings. The summed E-state index contributed by atoms with van der Waals surface area (Å²) in [4.78, 5) is 2.35. The standard InChI is InChI=1S/C13H16BrN3S/c1-9(15-2)10-4-5-13(12(14)6-10)18-11-7-16-17(3)8-11/h4-9,15H,1-3H3. The Morgan fingerprint density at radius 3 is 2.78 bits per heavy atom. The first-order valence-electron chi connectivity index (χ1n) is 5.73. The van der Waals surface area contributed by atoms with Crippen molar-refractivity contribution in [2.45, 2.75) is 22.8 Å². The Bertz CT molecular complexity index is 539. The molecule has 0 amide bonds. The largest absolute Gasteiger partial charge is 0.313 e. The molecule has 0 saturated carbocycles. The molecule has 1 atom stereocenters. The number of hydrogen-bond donors (Lipinski definition) is 1. The highest BCUT2D eigenvalue weighted by atomic mass is 79.9. The van der Waals surface area contributed by atoms with Crippen LogP contribution in [0.15, 0.2) is 44.9 Å². The Morgan fingerprint density at radius 2 is 2.22 bits per heavy atom. The molecular formula is C13H16BrN3S. The second-order valence-electron chi connectivity index (χ2n) is 4.15. The van der Waals surface area contributed by atoms with E-state index in [1.807, 2.05) is 31.2 Å². The predicted molar refractivity (Wildman–Crippen MR) is 78.9 cm³/mol. The van der Waals surface area contributed by atoms with E-state index in [-0.39, 0.29) is 0 Å². The van der Waals surface area contributed by atoms with Crippen LogP contribution >= 0.6 is 27.7 Å². The molecule has 96 valence electrons. The van der Waals surface area contributed by atoms with Crippen LogP contribution in [0.3, 0.4) is 0 Å². The number of aromatic nitrogens is 2. The summed E-state index contributed by atoms with van der Waals surface area (Å²) in [6.07, 6.45) is 3.89. The average molecular weight is 326 g/mol. The van der Waals surface area contributed by atoms with Crippen LogP contribution in [0.25, 0.3) is 0 Å². The van der Waals surface area contributed by atoms with Crippen LogP contribution in [0.4, 0.5) is 0 Å². The van der Waals surface area contributed by atoms with E-state index in [1.165, 1.54) is 10.5 Å². The summed E-state index contributed by atoms with van der Waals surface area (Å²) in [6, 6.07) is 6.83. The molecule has 0 aliphatic carbocycles. The number of rotatable bonds is 4. The van der Waals surface area contributed by atoms with Gasteiger partial charge in [-0.15, -0.1) is 0 Å². The van der Waals surface area contributed by atoms with Crippen molar-refractivity contribution < 1.29 is 0 Å². The minimum Gasteiger partial charge on any atom is -0.313 e. The fourth-order valence-electron chi connectivity index (χ4n) is 1.61. The van der Waals surface area contributed by atoms with E-state index in [4.69, 9.17) is 0 Å². The summed E-state index contributed by atoms with van der Waals surface area (Å²) in [5, 5.41) is 7.41. The first-order chi connectivity index (χ1) is 8.60. The highest BCUT2D eigenvalue weighted by molar-refractivity contribution is 9.10. The lowest BCUT2D eigenvalue weighted by Crippen LogP contribution is -2.12. The topological polar surface area (TPSA) is 29.9 Å². The number of nitrogens with zero attached hydrogens (tertiary/aromatic N) is 2. The van der Waals surface area contributed by atoms with Gasteiger partial charge in [0.2, 0.25) is 0 Å². The monoisotopic (exact) mass is 325 g/mol. The van der Waals surface area contributed by atoms with Crippen LogP contribution < -0.4 is 5.32 Å². The molecule has 18 heavy (non-hydrogen) atoms. The maximum atomic E-state index is 4.17. The molecule has 1 unspecified atom stereocenters. The van der Waals surface area contributed by atoms with E-state index < -0.39 is 0 Å². The van der Waals surface area contributed by atoms with E-state index >= 15 is 0 Å². The molecule has 0 radical (unpaired) electrons. The number of halogens is 1. The van der Waals surface area contributed by atoms with Gasteiger partial charge in [-0.2, -0.15) is 5.10 Å². The quantitative estimate of drug-likeness (QED) is 0.931. The Hall–Kier alpha value is -0.780. The Labute approximate surface area is 120 Å². The fourth-order valence-corrected chi connectivity index (χ4v) is 3.11. The molecule has 1 N–H and O–H groups in total. The third-order valence-electron chi connectivity index (χ3n) is 2.80. The van der Waals surface area contributed by atoms with E-state index in [2.05, 4.69) is 51.5 Å². The fraction of sp³-hybridized carbons (Fsp3) is 0.308. The highest BCUT2D eigenvalue weighted by Gasteiger charge is 2.08. The molecule has 0 fully saturated rings. The molecule has 1 heterocycles. The van der Waals surface area contributed by atoms with Crippen molar-refractivity contribution in [3.8, 4) is 0 Å². The molecule has 0 aliphatic heterocycles. The van der Waals surface area contributed by atoms with Crippen LogP contribution in [0, 0.1) is 0 Å². The minimum absolute atomic E-state index is 0.360. The molecule has 2 rings (SSSR count). The smallest absolute Gasteiger partial charge is 0.0629 e. The Kier molecular flexibility index (Phi) is 4.48. The number of aryl methyl sites for hydroxylation is 1. The van der Waals surface area contributed by atoms with Crippen molar-refractivity contribution in [1.82, 2.24) is 15.1 Å². The van der Waals surface area contributed by atoms with Gasteiger partial charge in [-0.25, -0.2) is 0 Å². The summed E-state index contributed by atoms with van der Waals surface area (Å²) in [6.45, 7) is 2.15. The van der Waals surface area contributed by atoms with E-state index in [1.54, 1.807) is 11.8 Å². The summed E-state index contributed by atoms with van der Waals surface area (Å²) >= 11 is 5.35. The van der Waals surface area contributed by atoms with Crippen molar-refractivity contribution in [2.75, 3.05) is 7.05 Å². The second kappa shape index (κ2) is 5.91. The van der Waals surface area contributed by atoms with Crippen molar-refractivity contribution >= 4 is 27.7 Å². The molecule has 0 saturated heterocycles. The Morgan fingerprint density at radius 1 is 1.44 bits per heavy atom. The molecule has 0 bridgehead atoms. The van der Waals surface area contributed by atoms with Crippen LogP contribution in [0.2, 0.25) is 0 Å². The van der Waals surface area contributed by atoms with Gasteiger partial charge in [-0.3, -0.25) is 4.68 Å².